The predicted octanol–water partition coefficient (Wildman–Crippen LogP) is 11.2. The smallest absolute Gasteiger partial charge is 0.235 e. The molecule has 0 bridgehead atoms. The Morgan fingerprint density at radius 3 is 2.07 bits per heavy atom. The van der Waals surface area contributed by atoms with E-state index < -0.39 is 0 Å². The van der Waals surface area contributed by atoms with Crippen LogP contribution in [0.25, 0.3) is 48.0 Å². The van der Waals surface area contributed by atoms with E-state index in [-0.39, 0.29) is 6.04 Å². The summed E-state index contributed by atoms with van der Waals surface area (Å²) in [5.74, 6) is 0. The summed E-state index contributed by atoms with van der Waals surface area (Å²) in [7, 11) is 0. The molecule has 210 valence electrons. The molecule has 0 amide bonds. The zero-order valence-electron chi connectivity index (χ0n) is 24.4. The summed E-state index contributed by atoms with van der Waals surface area (Å²) in [5, 5.41) is 2.70. The van der Waals surface area contributed by atoms with Crippen molar-refractivity contribution >= 4 is 65.5 Å². The molecule has 0 fully saturated rings. The van der Waals surface area contributed by atoms with Gasteiger partial charge >= 0.3 is 0 Å². The molecular formula is C42H27N2S+. The van der Waals surface area contributed by atoms with Gasteiger partial charge in [-0.1, -0.05) is 109 Å². The fraction of sp³-hybridized carbons (Fsp3) is 0.0238. The van der Waals surface area contributed by atoms with E-state index in [9.17, 15) is 0 Å². The zero-order chi connectivity index (χ0) is 29.5. The van der Waals surface area contributed by atoms with Crippen LogP contribution in [-0.2, 0) is 0 Å². The van der Waals surface area contributed by atoms with E-state index in [2.05, 4.69) is 167 Å². The van der Waals surface area contributed by atoms with Gasteiger partial charge in [-0.25, -0.2) is 0 Å². The van der Waals surface area contributed by atoms with Crippen LogP contribution < -0.4 is 9.48 Å². The molecule has 0 saturated heterocycles. The first kappa shape index (κ1) is 24.9. The minimum atomic E-state index is 0.0877. The van der Waals surface area contributed by atoms with Crippen molar-refractivity contribution in [3.8, 4) is 22.3 Å². The quantitative estimate of drug-likeness (QED) is 0.185. The molecule has 2 aliphatic heterocycles. The van der Waals surface area contributed by atoms with Gasteiger partial charge < -0.3 is 4.90 Å². The van der Waals surface area contributed by atoms with Crippen molar-refractivity contribution in [1.29, 1.82) is 0 Å². The van der Waals surface area contributed by atoms with Gasteiger partial charge in [0, 0.05) is 50.0 Å². The molecule has 6 aromatic carbocycles. The van der Waals surface area contributed by atoms with E-state index in [0.29, 0.717) is 0 Å². The van der Waals surface area contributed by atoms with Crippen LogP contribution in [0.2, 0.25) is 0 Å². The lowest BCUT2D eigenvalue weighted by atomic mass is 9.91. The molecule has 1 unspecified atom stereocenters. The van der Waals surface area contributed by atoms with Gasteiger partial charge in [-0.05, 0) is 52.1 Å². The standard InChI is InChI=1S/C42H27N2S/c1-3-12-27(13-4-1)29-24-30(28-14-5-2-6-15-28)26-31(25-29)43-35-18-8-9-19-36(35)44-41-32(17-11-20-37(41)43)33-22-23-39-40(42(33)44)34-16-7-10-21-38(34)45-39/h1-26,41H/q+1. The number of rotatable bonds is 3. The Kier molecular flexibility index (Phi) is 5.25. The SMILES string of the molecule is C1=CC2=[N+](c3cc(-c4ccccc4)cc(-c4ccccc4)c3)c3ccccc3N3c4c(ccc5sc6ccccc6c45)C(=C1)C23. The predicted molar refractivity (Wildman–Crippen MR) is 193 cm³/mol. The van der Waals surface area contributed by atoms with Gasteiger partial charge in [-0.15, -0.1) is 11.3 Å². The Morgan fingerprint density at radius 1 is 0.600 bits per heavy atom. The minimum absolute atomic E-state index is 0.0877. The number of fused-ring (bicyclic) bond motifs is 9. The van der Waals surface area contributed by atoms with Crippen LogP contribution in [0.5, 0.6) is 0 Å². The lowest BCUT2D eigenvalue weighted by Gasteiger charge is -2.33. The number of hydrogen-bond donors (Lipinski definition) is 0. The molecule has 45 heavy (non-hydrogen) atoms. The lowest BCUT2D eigenvalue weighted by Crippen LogP contribution is -2.43. The van der Waals surface area contributed by atoms with Gasteiger partial charge in [0.1, 0.15) is 11.7 Å². The maximum absolute atomic E-state index is 2.62. The first-order valence-corrected chi connectivity index (χ1v) is 16.3. The van der Waals surface area contributed by atoms with Crippen LogP contribution >= 0.6 is 11.3 Å². The molecule has 1 aromatic heterocycles. The van der Waals surface area contributed by atoms with Crippen LogP contribution in [0, 0.1) is 0 Å². The maximum atomic E-state index is 2.62. The van der Waals surface area contributed by atoms with Gasteiger partial charge in [0.2, 0.25) is 17.1 Å². The van der Waals surface area contributed by atoms with Gasteiger partial charge in [-0.2, -0.15) is 4.58 Å². The summed E-state index contributed by atoms with van der Waals surface area (Å²) in [6, 6.07) is 51.1. The monoisotopic (exact) mass is 591 g/mol. The van der Waals surface area contributed by atoms with E-state index in [1.807, 2.05) is 11.3 Å². The van der Waals surface area contributed by atoms with Crippen molar-refractivity contribution in [1.82, 2.24) is 4.58 Å². The average molecular weight is 592 g/mol. The van der Waals surface area contributed by atoms with E-state index in [4.69, 9.17) is 0 Å². The molecule has 7 aromatic rings. The van der Waals surface area contributed by atoms with Crippen molar-refractivity contribution in [2.24, 2.45) is 0 Å². The number of allylic oxidation sites excluding steroid dienone is 2. The van der Waals surface area contributed by atoms with Crippen LogP contribution in [0.1, 0.15) is 5.56 Å². The second kappa shape index (κ2) is 9.49. The first-order valence-electron chi connectivity index (χ1n) is 15.5. The van der Waals surface area contributed by atoms with Crippen molar-refractivity contribution < 1.29 is 0 Å². The Hall–Kier alpha value is -5.51. The van der Waals surface area contributed by atoms with Crippen molar-refractivity contribution in [2.75, 3.05) is 4.90 Å². The summed E-state index contributed by atoms with van der Waals surface area (Å²) in [6.07, 6.45) is 6.89. The Labute approximate surface area is 265 Å². The molecule has 2 nitrogen and oxygen atoms in total. The average Bonchev–Trinajstić information content (AvgIpc) is 3.66. The summed E-state index contributed by atoms with van der Waals surface area (Å²) in [5.41, 5.74) is 13.8. The van der Waals surface area contributed by atoms with E-state index in [0.717, 1.165) is 0 Å². The van der Waals surface area contributed by atoms with Crippen molar-refractivity contribution in [3.63, 3.8) is 0 Å². The van der Waals surface area contributed by atoms with E-state index in [1.165, 1.54) is 82.0 Å². The fourth-order valence-corrected chi connectivity index (χ4v) is 8.70. The number of para-hydroxylation sites is 2. The number of hydrogen-bond acceptors (Lipinski definition) is 2. The third-order valence-electron chi connectivity index (χ3n) is 9.47. The van der Waals surface area contributed by atoms with Gasteiger partial charge in [0.05, 0.1) is 5.69 Å². The Balaban J connectivity index is 1.27. The third-order valence-corrected chi connectivity index (χ3v) is 10.6. The van der Waals surface area contributed by atoms with Crippen LogP contribution in [0.4, 0.5) is 22.7 Å². The molecule has 0 saturated carbocycles. The number of anilines is 2. The molecule has 10 rings (SSSR count). The minimum Gasteiger partial charge on any atom is -0.317 e. The number of benzene rings is 6. The molecule has 0 spiro atoms. The number of nitrogens with zero attached hydrogens (tertiary/aromatic N) is 2. The summed E-state index contributed by atoms with van der Waals surface area (Å²) < 4.78 is 5.19. The summed E-state index contributed by atoms with van der Waals surface area (Å²) in [6.45, 7) is 0. The molecule has 3 heteroatoms. The zero-order valence-corrected chi connectivity index (χ0v) is 25.2. The van der Waals surface area contributed by atoms with Crippen LogP contribution in [0.15, 0.2) is 158 Å². The van der Waals surface area contributed by atoms with Crippen LogP contribution in [0.3, 0.4) is 0 Å². The first-order chi connectivity index (χ1) is 22.3. The topological polar surface area (TPSA) is 6.25 Å². The van der Waals surface area contributed by atoms with Gasteiger partial charge in [-0.3, -0.25) is 0 Å². The lowest BCUT2D eigenvalue weighted by molar-refractivity contribution is 0.934. The molecule has 1 atom stereocenters. The molecule has 3 heterocycles. The summed E-state index contributed by atoms with van der Waals surface area (Å²) in [4.78, 5) is 2.62. The second-order valence-electron chi connectivity index (χ2n) is 11.9. The largest absolute Gasteiger partial charge is 0.317 e. The molecule has 1 aliphatic carbocycles. The third kappa shape index (κ3) is 3.59. The molecule has 3 aliphatic rings. The normalized spacial score (nSPS) is 16.1. The van der Waals surface area contributed by atoms with Gasteiger partial charge in [0.25, 0.3) is 0 Å². The van der Waals surface area contributed by atoms with E-state index in [1.54, 1.807) is 0 Å². The molecular weight excluding hydrogens is 565 g/mol. The highest BCUT2D eigenvalue weighted by molar-refractivity contribution is 7.26. The molecule has 0 N–H and O–H groups in total. The highest BCUT2D eigenvalue weighted by atomic mass is 32.1. The van der Waals surface area contributed by atoms with Crippen molar-refractivity contribution in [2.45, 2.75) is 6.04 Å². The van der Waals surface area contributed by atoms with Crippen LogP contribution in [-0.4, -0.2) is 11.8 Å². The number of thiophene rings is 1. The maximum Gasteiger partial charge on any atom is 0.235 e. The highest BCUT2D eigenvalue weighted by Gasteiger charge is 2.49. The van der Waals surface area contributed by atoms with Gasteiger partial charge in [0.15, 0.2) is 0 Å². The Bertz CT molecular complexity index is 2370. The fourth-order valence-electron chi connectivity index (χ4n) is 7.59. The molecule has 0 radical (unpaired) electrons. The Morgan fingerprint density at radius 2 is 1.29 bits per heavy atom. The van der Waals surface area contributed by atoms with E-state index >= 15 is 0 Å². The summed E-state index contributed by atoms with van der Waals surface area (Å²) >= 11 is 1.89. The highest BCUT2D eigenvalue weighted by Crippen LogP contribution is 2.56. The second-order valence-corrected chi connectivity index (χ2v) is 13.0. The van der Waals surface area contributed by atoms with Crippen molar-refractivity contribution in [3.05, 3.63) is 163 Å².